The summed E-state index contributed by atoms with van der Waals surface area (Å²) in [6, 6.07) is 3.36. The highest BCUT2D eigenvalue weighted by Gasteiger charge is 2.42. The van der Waals surface area contributed by atoms with Crippen LogP contribution < -0.4 is 4.72 Å². The second kappa shape index (κ2) is 5.58. The van der Waals surface area contributed by atoms with E-state index in [9.17, 15) is 8.42 Å². The predicted octanol–water partition coefficient (Wildman–Crippen LogP) is 2.61. The van der Waals surface area contributed by atoms with Gasteiger partial charge in [0.1, 0.15) is 4.21 Å². The Bertz CT molecular complexity index is 508. The normalized spacial score (nSPS) is 17.9. The first-order valence-corrected chi connectivity index (χ1v) is 8.81. The van der Waals surface area contributed by atoms with E-state index in [1.807, 2.05) is 0 Å². The Morgan fingerprint density at radius 2 is 2.22 bits per heavy atom. The van der Waals surface area contributed by atoms with Gasteiger partial charge in [-0.05, 0) is 52.7 Å². The third-order valence-corrected chi connectivity index (χ3v) is 6.76. The average Bonchev–Trinajstić information content (AvgIpc) is 2.97. The Kier molecular flexibility index (Phi) is 4.48. The molecule has 0 amide bonds. The van der Waals surface area contributed by atoms with Crippen molar-refractivity contribution in [3.63, 3.8) is 0 Å². The lowest BCUT2D eigenvalue weighted by molar-refractivity contribution is 0.173. The second-order valence-corrected chi connectivity index (χ2v) is 9.08. The SMILES string of the molecule is COCCC1(CNS(=O)(=O)c2ccc(Br)s2)CC1. The van der Waals surface area contributed by atoms with E-state index in [0.29, 0.717) is 17.4 Å². The van der Waals surface area contributed by atoms with Crippen LogP contribution in [0.15, 0.2) is 20.1 Å². The van der Waals surface area contributed by atoms with Crippen LogP contribution in [-0.4, -0.2) is 28.7 Å². The zero-order chi connectivity index (χ0) is 13.2. The lowest BCUT2D eigenvalue weighted by atomic mass is 10.0. The first-order chi connectivity index (χ1) is 8.47. The zero-order valence-electron chi connectivity index (χ0n) is 10.1. The summed E-state index contributed by atoms with van der Waals surface area (Å²) in [6.45, 7) is 1.19. The molecule has 7 heteroatoms. The lowest BCUT2D eigenvalue weighted by Gasteiger charge is -2.15. The fourth-order valence-electron chi connectivity index (χ4n) is 1.77. The molecule has 0 unspecified atom stereocenters. The third kappa shape index (κ3) is 3.54. The topological polar surface area (TPSA) is 55.4 Å². The Morgan fingerprint density at radius 3 is 2.72 bits per heavy atom. The van der Waals surface area contributed by atoms with E-state index in [2.05, 4.69) is 20.7 Å². The van der Waals surface area contributed by atoms with Gasteiger partial charge in [0.15, 0.2) is 0 Å². The van der Waals surface area contributed by atoms with Gasteiger partial charge in [-0.1, -0.05) is 0 Å². The largest absolute Gasteiger partial charge is 0.385 e. The number of sulfonamides is 1. The van der Waals surface area contributed by atoms with Crippen LogP contribution in [0.3, 0.4) is 0 Å². The highest BCUT2D eigenvalue weighted by molar-refractivity contribution is 9.11. The highest BCUT2D eigenvalue weighted by atomic mass is 79.9. The van der Waals surface area contributed by atoms with Crippen molar-refractivity contribution >= 4 is 37.3 Å². The Balaban J connectivity index is 1.94. The van der Waals surface area contributed by atoms with Crippen molar-refractivity contribution in [1.29, 1.82) is 0 Å². The summed E-state index contributed by atoms with van der Waals surface area (Å²) in [6.07, 6.45) is 3.07. The minimum absolute atomic E-state index is 0.123. The summed E-state index contributed by atoms with van der Waals surface area (Å²) in [4.78, 5) is 0. The fourth-order valence-corrected chi connectivity index (χ4v) is 4.98. The van der Waals surface area contributed by atoms with Gasteiger partial charge in [0.2, 0.25) is 10.0 Å². The van der Waals surface area contributed by atoms with E-state index in [0.717, 1.165) is 23.0 Å². The van der Waals surface area contributed by atoms with Crippen molar-refractivity contribution in [2.75, 3.05) is 20.3 Å². The Morgan fingerprint density at radius 1 is 1.50 bits per heavy atom. The summed E-state index contributed by atoms with van der Waals surface area (Å²) in [5.41, 5.74) is 0.123. The maximum atomic E-state index is 12.0. The van der Waals surface area contributed by atoms with Gasteiger partial charge < -0.3 is 4.74 Å². The predicted molar refractivity (Wildman–Crippen MR) is 75.4 cm³/mol. The van der Waals surface area contributed by atoms with Crippen molar-refractivity contribution in [1.82, 2.24) is 4.72 Å². The highest BCUT2D eigenvalue weighted by Crippen LogP contribution is 2.48. The van der Waals surface area contributed by atoms with Crippen molar-refractivity contribution < 1.29 is 13.2 Å². The Labute approximate surface area is 120 Å². The van der Waals surface area contributed by atoms with Crippen molar-refractivity contribution in [2.45, 2.75) is 23.5 Å². The molecule has 1 aliphatic carbocycles. The number of methoxy groups -OCH3 is 1. The van der Waals surface area contributed by atoms with Crippen molar-refractivity contribution in [2.24, 2.45) is 5.41 Å². The van der Waals surface area contributed by atoms with E-state index in [-0.39, 0.29) is 5.41 Å². The molecule has 0 saturated heterocycles. The molecule has 18 heavy (non-hydrogen) atoms. The number of ether oxygens (including phenoxy) is 1. The number of rotatable bonds is 7. The molecule has 0 aromatic carbocycles. The van der Waals surface area contributed by atoms with Gasteiger partial charge in [-0.15, -0.1) is 11.3 Å². The van der Waals surface area contributed by atoms with Gasteiger partial charge in [0.05, 0.1) is 3.79 Å². The summed E-state index contributed by atoms with van der Waals surface area (Å²) in [7, 11) is -1.69. The van der Waals surface area contributed by atoms with Gasteiger partial charge in [0.25, 0.3) is 0 Å². The van der Waals surface area contributed by atoms with Crippen LogP contribution in [0.5, 0.6) is 0 Å². The Hall–Kier alpha value is 0.0500. The van der Waals surface area contributed by atoms with E-state index >= 15 is 0 Å². The molecule has 1 aliphatic rings. The molecule has 0 spiro atoms. The first kappa shape index (κ1) is 14.5. The molecular weight excluding hydrogens is 338 g/mol. The molecule has 1 aromatic rings. The van der Waals surface area contributed by atoms with Gasteiger partial charge >= 0.3 is 0 Å². The van der Waals surface area contributed by atoms with Gasteiger partial charge in [0, 0.05) is 20.3 Å². The maximum absolute atomic E-state index is 12.0. The van der Waals surface area contributed by atoms with Crippen molar-refractivity contribution in [3.05, 3.63) is 15.9 Å². The van der Waals surface area contributed by atoms with Crippen LogP contribution in [-0.2, 0) is 14.8 Å². The van der Waals surface area contributed by atoms with E-state index in [4.69, 9.17) is 4.74 Å². The van der Waals surface area contributed by atoms with Crippen LogP contribution in [0.2, 0.25) is 0 Å². The first-order valence-electron chi connectivity index (χ1n) is 5.71. The second-order valence-electron chi connectivity index (χ2n) is 4.63. The summed E-state index contributed by atoms with van der Waals surface area (Å²) in [5, 5.41) is 0. The molecule has 1 fully saturated rings. The standard InChI is InChI=1S/C11H16BrNO3S2/c1-16-7-6-11(4-5-11)8-13-18(14,15)10-3-2-9(12)17-10/h2-3,13H,4-8H2,1H3. The summed E-state index contributed by atoms with van der Waals surface area (Å²) >= 11 is 4.50. The molecule has 102 valence electrons. The summed E-state index contributed by atoms with van der Waals surface area (Å²) < 4.78 is 33.0. The molecule has 2 rings (SSSR count). The third-order valence-electron chi connectivity index (χ3n) is 3.24. The number of hydrogen-bond donors (Lipinski definition) is 1. The fraction of sp³-hybridized carbons (Fsp3) is 0.636. The van der Waals surface area contributed by atoms with E-state index in [1.165, 1.54) is 11.3 Å². The van der Waals surface area contributed by atoms with Gasteiger partial charge in [-0.2, -0.15) is 0 Å². The number of hydrogen-bond acceptors (Lipinski definition) is 4. The lowest BCUT2D eigenvalue weighted by Crippen LogP contribution is -2.30. The van der Waals surface area contributed by atoms with Crippen molar-refractivity contribution in [3.8, 4) is 0 Å². The monoisotopic (exact) mass is 353 g/mol. The van der Waals surface area contributed by atoms with Crippen LogP contribution in [0.4, 0.5) is 0 Å². The molecular formula is C11H16BrNO3S2. The molecule has 0 bridgehead atoms. The minimum Gasteiger partial charge on any atom is -0.385 e. The van der Waals surface area contributed by atoms with Crippen LogP contribution >= 0.6 is 27.3 Å². The quantitative estimate of drug-likeness (QED) is 0.819. The zero-order valence-corrected chi connectivity index (χ0v) is 13.3. The molecule has 1 aromatic heterocycles. The average molecular weight is 354 g/mol. The molecule has 1 saturated carbocycles. The molecule has 0 radical (unpaired) electrons. The van der Waals surface area contributed by atoms with E-state index < -0.39 is 10.0 Å². The molecule has 0 atom stereocenters. The molecule has 0 aliphatic heterocycles. The number of nitrogens with one attached hydrogen (secondary N) is 1. The van der Waals surface area contributed by atoms with E-state index in [1.54, 1.807) is 19.2 Å². The smallest absolute Gasteiger partial charge is 0.250 e. The van der Waals surface area contributed by atoms with Gasteiger partial charge in [-0.3, -0.25) is 0 Å². The number of halogens is 1. The van der Waals surface area contributed by atoms with Crippen LogP contribution in [0.1, 0.15) is 19.3 Å². The summed E-state index contributed by atoms with van der Waals surface area (Å²) in [5.74, 6) is 0. The minimum atomic E-state index is -3.36. The molecule has 4 nitrogen and oxygen atoms in total. The molecule has 1 heterocycles. The van der Waals surface area contributed by atoms with Crippen LogP contribution in [0, 0.1) is 5.41 Å². The van der Waals surface area contributed by atoms with Crippen LogP contribution in [0.25, 0.3) is 0 Å². The maximum Gasteiger partial charge on any atom is 0.250 e. The molecule has 1 N–H and O–H groups in total. The van der Waals surface area contributed by atoms with Gasteiger partial charge in [-0.25, -0.2) is 13.1 Å². The number of thiophene rings is 1.